The molecule has 2 aromatic rings. The summed E-state index contributed by atoms with van der Waals surface area (Å²) in [6.07, 6.45) is 3.50. The Hall–Kier alpha value is -3.33. The third kappa shape index (κ3) is 5.59. The lowest BCUT2D eigenvalue weighted by Gasteiger charge is -2.18. The standard InChI is InChI=1S/C25H25FN2O5S/c1-2-32-21-13-18(7-10-20(21)33-16-17-5-8-19(26)9-6-17)14-22-24(30)28(25(31)34-22)15-23(29)27-11-3-4-12-27/h5-10,13-14H,2-4,11-12,15-16H2,1H3/b22-14-. The molecular formula is C25H25FN2O5S. The fraction of sp³-hybridized carbons (Fsp3) is 0.320. The topological polar surface area (TPSA) is 76.2 Å². The zero-order chi connectivity index (χ0) is 24.1. The van der Waals surface area contributed by atoms with Gasteiger partial charge in [0.2, 0.25) is 5.91 Å². The molecule has 0 spiro atoms. The average molecular weight is 485 g/mol. The van der Waals surface area contributed by atoms with E-state index in [1.165, 1.54) is 12.1 Å². The Morgan fingerprint density at radius 2 is 1.79 bits per heavy atom. The van der Waals surface area contributed by atoms with Gasteiger partial charge in [-0.2, -0.15) is 0 Å². The van der Waals surface area contributed by atoms with Crippen molar-refractivity contribution in [2.24, 2.45) is 0 Å². The number of carbonyl (C=O) groups is 3. The van der Waals surface area contributed by atoms with Crippen LogP contribution in [0.4, 0.5) is 9.18 Å². The molecule has 2 fully saturated rings. The zero-order valence-electron chi connectivity index (χ0n) is 18.8. The Morgan fingerprint density at radius 1 is 1.06 bits per heavy atom. The number of thioether (sulfide) groups is 1. The van der Waals surface area contributed by atoms with Gasteiger partial charge in [-0.25, -0.2) is 4.39 Å². The number of likely N-dealkylation sites (tertiary alicyclic amines) is 1. The third-order valence-electron chi connectivity index (χ3n) is 5.50. The fourth-order valence-electron chi connectivity index (χ4n) is 3.73. The van der Waals surface area contributed by atoms with E-state index in [1.54, 1.807) is 41.3 Å². The summed E-state index contributed by atoms with van der Waals surface area (Å²) in [6.45, 7) is 3.60. The first-order valence-corrected chi connectivity index (χ1v) is 11.9. The molecule has 0 radical (unpaired) electrons. The van der Waals surface area contributed by atoms with Crippen LogP contribution >= 0.6 is 11.8 Å². The maximum Gasteiger partial charge on any atom is 0.294 e. The largest absolute Gasteiger partial charge is 0.490 e. The van der Waals surface area contributed by atoms with Crippen LogP contribution in [0, 0.1) is 5.82 Å². The number of hydrogen-bond donors (Lipinski definition) is 0. The van der Waals surface area contributed by atoms with E-state index in [9.17, 15) is 18.8 Å². The number of ether oxygens (including phenoxy) is 2. The lowest BCUT2D eigenvalue weighted by molar-refractivity contribution is -0.135. The van der Waals surface area contributed by atoms with Crippen LogP contribution in [0.2, 0.25) is 0 Å². The first-order valence-electron chi connectivity index (χ1n) is 11.1. The van der Waals surface area contributed by atoms with Gasteiger partial charge in [-0.15, -0.1) is 0 Å². The van der Waals surface area contributed by atoms with Crippen molar-refractivity contribution >= 4 is 34.9 Å². The van der Waals surface area contributed by atoms with Crippen LogP contribution in [0.5, 0.6) is 11.5 Å². The molecule has 9 heteroatoms. The Labute approximate surface area is 201 Å². The van der Waals surface area contributed by atoms with E-state index in [1.807, 2.05) is 6.92 Å². The second-order valence-electron chi connectivity index (χ2n) is 7.91. The van der Waals surface area contributed by atoms with E-state index in [4.69, 9.17) is 9.47 Å². The minimum atomic E-state index is -0.475. The molecule has 0 aliphatic carbocycles. The van der Waals surface area contributed by atoms with Gasteiger partial charge in [0.15, 0.2) is 11.5 Å². The Bertz CT molecular complexity index is 1110. The van der Waals surface area contributed by atoms with Crippen LogP contribution in [0.3, 0.4) is 0 Å². The first kappa shape index (κ1) is 23.8. The van der Waals surface area contributed by atoms with Crippen LogP contribution in [-0.2, 0) is 16.2 Å². The van der Waals surface area contributed by atoms with Gasteiger partial charge in [0.1, 0.15) is 19.0 Å². The van der Waals surface area contributed by atoms with Crippen LogP contribution in [0.25, 0.3) is 6.08 Å². The van der Waals surface area contributed by atoms with E-state index in [2.05, 4.69) is 0 Å². The lowest BCUT2D eigenvalue weighted by atomic mass is 10.1. The Morgan fingerprint density at radius 3 is 2.50 bits per heavy atom. The van der Waals surface area contributed by atoms with E-state index in [-0.39, 0.29) is 29.8 Å². The summed E-state index contributed by atoms with van der Waals surface area (Å²) in [7, 11) is 0. The van der Waals surface area contributed by atoms with Gasteiger partial charge in [0, 0.05) is 13.1 Å². The number of carbonyl (C=O) groups excluding carboxylic acids is 3. The van der Waals surface area contributed by atoms with E-state index >= 15 is 0 Å². The first-order chi connectivity index (χ1) is 16.4. The quantitative estimate of drug-likeness (QED) is 0.515. The average Bonchev–Trinajstić information content (AvgIpc) is 3.45. The zero-order valence-corrected chi connectivity index (χ0v) is 19.6. The SMILES string of the molecule is CCOc1cc(/C=C2\SC(=O)N(CC(=O)N3CCCC3)C2=O)ccc1OCc1ccc(F)cc1. The molecule has 0 atom stereocenters. The maximum atomic E-state index is 13.1. The highest BCUT2D eigenvalue weighted by atomic mass is 32.2. The third-order valence-corrected chi connectivity index (χ3v) is 6.41. The van der Waals surface area contributed by atoms with Gasteiger partial charge < -0.3 is 14.4 Å². The summed E-state index contributed by atoms with van der Waals surface area (Å²) in [5.41, 5.74) is 1.47. The summed E-state index contributed by atoms with van der Waals surface area (Å²) in [6, 6.07) is 11.2. The summed E-state index contributed by atoms with van der Waals surface area (Å²) < 4.78 is 24.6. The van der Waals surface area contributed by atoms with Gasteiger partial charge in [0.05, 0.1) is 11.5 Å². The van der Waals surface area contributed by atoms with Gasteiger partial charge in [-0.3, -0.25) is 19.3 Å². The highest BCUT2D eigenvalue weighted by Crippen LogP contribution is 2.35. The minimum Gasteiger partial charge on any atom is -0.490 e. The summed E-state index contributed by atoms with van der Waals surface area (Å²) in [4.78, 5) is 40.5. The van der Waals surface area contributed by atoms with Crippen molar-refractivity contribution in [1.82, 2.24) is 9.80 Å². The molecule has 7 nitrogen and oxygen atoms in total. The van der Waals surface area contributed by atoms with Crippen molar-refractivity contribution in [3.63, 3.8) is 0 Å². The van der Waals surface area contributed by atoms with Crippen molar-refractivity contribution in [1.29, 1.82) is 0 Å². The van der Waals surface area contributed by atoms with Gasteiger partial charge in [0.25, 0.3) is 11.1 Å². The van der Waals surface area contributed by atoms with Crippen LogP contribution < -0.4 is 9.47 Å². The Kier molecular flexibility index (Phi) is 7.52. The predicted octanol–water partition coefficient (Wildman–Crippen LogP) is 4.46. The summed E-state index contributed by atoms with van der Waals surface area (Å²) in [5, 5.41) is -0.451. The molecule has 4 rings (SSSR count). The molecule has 0 aromatic heterocycles. The van der Waals surface area contributed by atoms with Crippen molar-refractivity contribution < 1.29 is 28.2 Å². The van der Waals surface area contributed by atoms with Crippen LogP contribution in [0.1, 0.15) is 30.9 Å². The number of rotatable bonds is 8. The molecule has 3 amide bonds. The second kappa shape index (κ2) is 10.7. The maximum absolute atomic E-state index is 13.1. The fourth-order valence-corrected chi connectivity index (χ4v) is 4.57. The van der Waals surface area contributed by atoms with Crippen molar-refractivity contribution in [3.8, 4) is 11.5 Å². The molecule has 2 heterocycles. The number of halogens is 1. The predicted molar refractivity (Wildman–Crippen MR) is 127 cm³/mol. The minimum absolute atomic E-state index is 0.206. The number of nitrogens with zero attached hydrogens (tertiary/aromatic N) is 2. The number of amides is 3. The Balaban J connectivity index is 1.46. The molecule has 2 aromatic carbocycles. The number of benzene rings is 2. The molecule has 2 saturated heterocycles. The molecule has 2 aliphatic rings. The smallest absolute Gasteiger partial charge is 0.294 e. The number of hydrogen-bond acceptors (Lipinski definition) is 6. The van der Waals surface area contributed by atoms with Crippen molar-refractivity contribution in [2.45, 2.75) is 26.4 Å². The van der Waals surface area contributed by atoms with Gasteiger partial charge >= 0.3 is 0 Å². The highest BCUT2D eigenvalue weighted by molar-refractivity contribution is 8.18. The molecular weight excluding hydrogens is 459 g/mol. The van der Waals surface area contributed by atoms with Crippen molar-refractivity contribution in [2.75, 3.05) is 26.2 Å². The molecule has 0 saturated carbocycles. The van der Waals surface area contributed by atoms with E-state index < -0.39 is 11.1 Å². The highest BCUT2D eigenvalue weighted by Gasteiger charge is 2.37. The van der Waals surface area contributed by atoms with Crippen molar-refractivity contribution in [3.05, 3.63) is 64.3 Å². The van der Waals surface area contributed by atoms with Crippen LogP contribution in [-0.4, -0.2) is 53.1 Å². The van der Waals surface area contributed by atoms with Gasteiger partial charge in [-0.1, -0.05) is 18.2 Å². The molecule has 2 aliphatic heterocycles. The van der Waals surface area contributed by atoms with E-state index in [0.29, 0.717) is 36.8 Å². The van der Waals surface area contributed by atoms with E-state index in [0.717, 1.165) is 35.1 Å². The monoisotopic (exact) mass is 484 g/mol. The van der Waals surface area contributed by atoms with Gasteiger partial charge in [-0.05, 0) is 73.0 Å². The molecule has 34 heavy (non-hydrogen) atoms. The molecule has 0 bridgehead atoms. The normalized spacial score (nSPS) is 17.1. The lowest BCUT2D eigenvalue weighted by Crippen LogP contribution is -2.40. The molecule has 0 unspecified atom stereocenters. The van der Waals surface area contributed by atoms with Crippen LogP contribution in [0.15, 0.2) is 47.4 Å². The molecule has 178 valence electrons. The summed E-state index contributed by atoms with van der Waals surface area (Å²) >= 11 is 0.818. The molecule has 0 N–H and O–H groups in total. The number of imide groups is 1. The summed E-state index contributed by atoms with van der Waals surface area (Å²) in [5.74, 6) is 0.00172. The second-order valence-corrected chi connectivity index (χ2v) is 8.90.